The Hall–Kier alpha value is -0.890. The van der Waals surface area contributed by atoms with Crippen LogP contribution in [0.4, 0.5) is 0 Å². The molecule has 14 heavy (non-hydrogen) atoms. The second-order valence-electron chi connectivity index (χ2n) is 4.47. The van der Waals surface area contributed by atoms with Gasteiger partial charge in [-0.25, -0.2) is 0 Å². The molecule has 1 fully saturated rings. The van der Waals surface area contributed by atoms with Gasteiger partial charge in [0.05, 0.1) is 0 Å². The minimum Gasteiger partial charge on any atom is -0.310 e. The van der Waals surface area contributed by atoms with Crippen molar-refractivity contribution in [2.45, 2.75) is 38.3 Å². The Bertz CT molecular complexity index is 304. The summed E-state index contributed by atoms with van der Waals surface area (Å²) in [5.41, 5.74) is 2.71. The standard InChI is InChI=1S/C12H16N2/c1-2-10-8-14-11(9-3-4-9)5-6-12(10)13-7-1/h1-2,7,9,11,14H,3-6,8H2. The van der Waals surface area contributed by atoms with Gasteiger partial charge in [-0.3, -0.25) is 4.98 Å². The minimum absolute atomic E-state index is 0.754. The highest BCUT2D eigenvalue weighted by molar-refractivity contribution is 5.21. The lowest BCUT2D eigenvalue weighted by Crippen LogP contribution is -2.29. The van der Waals surface area contributed by atoms with E-state index in [2.05, 4.69) is 16.4 Å². The Kier molecular flexibility index (Phi) is 2.02. The van der Waals surface area contributed by atoms with Gasteiger partial charge in [-0.2, -0.15) is 0 Å². The Balaban J connectivity index is 1.79. The summed E-state index contributed by atoms with van der Waals surface area (Å²) in [7, 11) is 0. The molecule has 2 heterocycles. The topological polar surface area (TPSA) is 24.9 Å². The molecule has 2 aliphatic rings. The zero-order valence-corrected chi connectivity index (χ0v) is 8.37. The van der Waals surface area contributed by atoms with Crippen LogP contribution in [0.2, 0.25) is 0 Å². The van der Waals surface area contributed by atoms with E-state index in [0.717, 1.165) is 24.9 Å². The van der Waals surface area contributed by atoms with Gasteiger partial charge in [-0.15, -0.1) is 0 Å². The lowest BCUT2D eigenvalue weighted by Gasteiger charge is -2.13. The molecule has 1 aliphatic carbocycles. The highest BCUT2D eigenvalue weighted by Gasteiger charge is 2.31. The molecular weight excluding hydrogens is 172 g/mol. The molecule has 2 nitrogen and oxygen atoms in total. The van der Waals surface area contributed by atoms with Crippen LogP contribution in [0.15, 0.2) is 18.3 Å². The number of nitrogens with zero attached hydrogens (tertiary/aromatic N) is 1. The highest BCUT2D eigenvalue weighted by Crippen LogP contribution is 2.35. The third kappa shape index (κ3) is 1.55. The van der Waals surface area contributed by atoms with Crippen LogP contribution < -0.4 is 5.32 Å². The first kappa shape index (κ1) is 8.42. The van der Waals surface area contributed by atoms with Gasteiger partial charge in [0.15, 0.2) is 0 Å². The van der Waals surface area contributed by atoms with E-state index in [4.69, 9.17) is 0 Å². The molecule has 0 amide bonds. The molecule has 1 aromatic heterocycles. The smallest absolute Gasteiger partial charge is 0.0449 e. The van der Waals surface area contributed by atoms with Gasteiger partial charge in [0, 0.05) is 24.5 Å². The molecule has 1 unspecified atom stereocenters. The van der Waals surface area contributed by atoms with Crippen molar-refractivity contribution in [3.05, 3.63) is 29.6 Å². The Labute approximate surface area is 84.7 Å². The van der Waals surface area contributed by atoms with Crippen LogP contribution in [-0.2, 0) is 13.0 Å². The van der Waals surface area contributed by atoms with E-state index >= 15 is 0 Å². The molecule has 0 aromatic carbocycles. The number of aromatic nitrogens is 1. The molecule has 0 bridgehead atoms. The van der Waals surface area contributed by atoms with Crippen molar-refractivity contribution in [2.24, 2.45) is 5.92 Å². The van der Waals surface area contributed by atoms with E-state index in [9.17, 15) is 0 Å². The summed E-state index contributed by atoms with van der Waals surface area (Å²) in [5, 5.41) is 3.66. The molecule has 1 aromatic rings. The van der Waals surface area contributed by atoms with Crippen molar-refractivity contribution in [3.8, 4) is 0 Å². The fraction of sp³-hybridized carbons (Fsp3) is 0.583. The summed E-state index contributed by atoms with van der Waals surface area (Å²) < 4.78 is 0. The maximum atomic E-state index is 4.45. The van der Waals surface area contributed by atoms with Gasteiger partial charge >= 0.3 is 0 Å². The van der Waals surface area contributed by atoms with Crippen LogP contribution in [0.25, 0.3) is 0 Å². The van der Waals surface area contributed by atoms with Crippen molar-refractivity contribution < 1.29 is 0 Å². The zero-order chi connectivity index (χ0) is 9.38. The van der Waals surface area contributed by atoms with Crippen molar-refractivity contribution in [2.75, 3.05) is 0 Å². The van der Waals surface area contributed by atoms with Gasteiger partial charge in [-0.1, -0.05) is 6.07 Å². The first-order chi connectivity index (χ1) is 6.93. The lowest BCUT2D eigenvalue weighted by molar-refractivity contribution is 0.447. The van der Waals surface area contributed by atoms with E-state index in [0.29, 0.717) is 0 Å². The van der Waals surface area contributed by atoms with E-state index in [-0.39, 0.29) is 0 Å². The normalized spacial score (nSPS) is 26.7. The molecule has 3 rings (SSSR count). The van der Waals surface area contributed by atoms with Gasteiger partial charge in [0.1, 0.15) is 0 Å². The largest absolute Gasteiger partial charge is 0.310 e. The van der Waals surface area contributed by atoms with Crippen LogP contribution in [0.1, 0.15) is 30.5 Å². The second-order valence-corrected chi connectivity index (χ2v) is 4.47. The van der Waals surface area contributed by atoms with E-state index < -0.39 is 0 Å². The summed E-state index contributed by atoms with van der Waals surface area (Å²) >= 11 is 0. The average Bonchev–Trinajstić information content (AvgIpc) is 3.03. The monoisotopic (exact) mass is 188 g/mol. The number of hydrogen-bond donors (Lipinski definition) is 1. The number of pyridine rings is 1. The van der Waals surface area contributed by atoms with Crippen molar-refractivity contribution in [3.63, 3.8) is 0 Å². The van der Waals surface area contributed by atoms with Crippen molar-refractivity contribution in [1.82, 2.24) is 10.3 Å². The third-order valence-corrected chi connectivity index (χ3v) is 3.42. The Morgan fingerprint density at radius 1 is 1.29 bits per heavy atom. The number of rotatable bonds is 1. The number of aryl methyl sites for hydroxylation is 1. The van der Waals surface area contributed by atoms with Crippen LogP contribution >= 0.6 is 0 Å². The molecule has 1 atom stereocenters. The molecule has 0 spiro atoms. The van der Waals surface area contributed by atoms with E-state index in [1.54, 1.807) is 0 Å². The SMILES string of the molecule is c1cnc2c(c1)CNC(C1CC1)CC2. The van der Waals surface area contributed by atoms with Crippen molar-refractivity contribution in [1.29, 1.82) is 0 Å². The van der Waals surface area contributed by atoms with E-state index in [1.807, 2.05) is 12.3 Å². The summed E-state index contributed by atoms with van der Waals surface area (Å²) in [5.74, 6) is 0.962. The molecule has 2 heteroatoms. The van der Waals surface area contributed by atoms with Gasteiger partial charge < -0.3 is 5.32 Å². The molecule has 1 N–H and O–H groups in total. The number of hydrogen-bond acceptors (Lipinski definition) is 2. The second kappa shape index (κ2) is 3.35. The Morgan fingerprint density at radius 3 is 3.07 bits per heavy atom. The number of nitrogens with one attached hydrogen (secondary N) is 1. The average molecular weight is 188 g/mol. The molecular formula is C12H16N2. The highest BCUT2D eigenvalue weighted by atomic mass is 14.9. The predicted octanol–water partition coefficient (Wildman–Crippen LogP) is 1.90. The molecule has 1 aliphatic heterocycles. The summed E-state index contributed by atoms with van der Waals surface area (Å²) in [6.07, 6.45) is 7.21. The Morgan fingerprint density at radius 2 is 2.21 bits per heavy atom. The number of fused-ring (bicyclic) bond motifs is 1. The fourth-order valence-corrected chi connectivity index (χ4v) is 2.39. The molecule has 0 saturated heterocycles. The summed E-state index contributed by atoms with van der Waals surface area (Å²) in [4.78, 5) is 4.45. The lowest BCUT2D eigenvalue weighted by atomic mass is 10.1. The van der Waals surface area contributed by atoms with Crippen LogP contribution in [0.3, 0.4) is 0 Å². The maximum Gasteiger partial charge on any atom is 0.0449 e. The molecule has 74 valence electrons. The van der Waals surface area contributed by atoms with Crippen molar-refractivity contribution >= 4 is 0 Å². The summed E-state index contributed by atoms with van der Waals surface area (Å²) in [6, 6.07) is 4.99. The van der Waals surface area contributed by atoms with Gasteiger partial charge in [-0.05, 0) is 43.2 Å². The van der Waals surface area contributed by atoms with E-state index in [1.165, 1.54) is 30.5 Å². The molecule has 1 saturated carbocycles. The first-order valence-corrected chi connectivity index (χ1v) is 5.59. The first-order valence-electron chi connectivity index (χ1n) is 5.59. The zero-order valence-electron chi connectivity index (χ0n) is 8.37. The quantitative estimate of drug-likeness (QED) is 0.728. The van der Waals surface area contributed by atoms with Crippen LogP contribution in [0.5, 0.6) is 0 Å². The molecule has 0 radical (unpaired) electrons. The van der Waals surface area contributed by atoms with Crippen LogP contribution in [0, 0.1) is 5.92 Å². The van der Waals surface area contributed by atoms with Crippen LogP contribution in [-0.4, -0.2) is 11.0 Å². The van der Waals surface area contributed by atoms with Gasteiger partial charge in [0.2, 0.25) is 0 Å². The fourth-order valence-electron chi connectivity index (χ4n) is 2.39. The third-order valence-electron chi connectivity index (χ3n) is 3.42. The van der Waals surface area contributed by atoms with Gasteiger partial charge in [0.25, 0.3) is 0 Å². The predicted molar refractivity (Wildman–Crippen MR) is 55.9 cm³/mol. The summed E-state index contributed by atoms with van der Waals surface area (Å²) in [6.45, 7) is 1.02. The maximum absolute atomic E-state index is 4.45. The minimum atomic E-state index is 0.754.